The molecule has 3 rings (SSSR count). The third-order valence-corrected chi connectivity index (χ3v) is 5.11. The van der Waals surface area contributed by atoms with Crippen molar-refractivity contribution in [2.24, 2.45) is 23.7 Å². The fraction of sp³-hybridized carbons (Fsp3) is 0.467. The first kappa shape index (κ1) is 14.5. The molecule has 5 atom stereocenters. The van der Waals surface area contributed by atoms with Crippen LogP contribution < -0.4 is 0 Å². The minimum absolute atomic E-state index is 0.00916. The highest BCUT2D eigenvalue weighted by atomic mass is 16.6. The SMILES string of the molecule is O=C(O)[C@@H]1[C@@H]2C[C@@H]([C@@H]1C(=O)O)[C@@H](c1ccc([N+](=O)[O-])cc1)C2. The van der Waals surface area contributed by atoms with E-state index >= 15 is 0 Å². The molecule has 7 heteroatoms. The van der Waals surface area contributed by atoms with Crippen LogP contribution in [0.3, 0.4) is 0 Å². The van der Waals surface area contributed by atoms with Crippen molar-refractivity contribution in [1.29, 1.82) is 0 Å². The maximum atomic E-state index is 11.5. The van der Waals surface area contributed by atoms with Crippen molar-refractivity contribution in [2.45, 2.75) is 18.8 Å². The van der Waals surface area contributed by atoms with Gasteiger partial charge in [0.2, 0.25) is 0 Å². The van der Waals surface area contributed by atoms with E-state index in [1.165, 1.54) is 12.1 Å². The number of hydrogen-bond acceptors (Lipinski definition) is 4. The summed E-state index contributed by atoms with van der Waals surface area (Å²) in [5.41, 5.74) is 0.846. The number of nitro benzene ring substituents is 1. The van der Waals surface area contributed by atoms with E-state index in [0.29, 0.717) is 12.8 Å². The minimum atomic E-state index is -1.06. The average Bonchev–Trinajstić information content (AvgIpc) is 3.04. The highest BCUT2D eigenvalue weighted by molar-refractivity contribution is 5.82. The smallest absolute Gasteiger partial charge is 0.307 e. The number of benzene rings is 1. The first-order valence-electron chi connectivity index (χ1n) is 7.10. The molecule has 0 saturated heterocycles. The molecule has 22 heavy (non-hydrogen) atoms. The number of carboxylic acids is 2. The quantitative estimate of drug-likeness (QED) is 0.649. The zero-order valence-corrected chi connectivity index (χ0v) is 11.6. The van der Waals surface area contributed by atoms with Crippen LogP contribution in [-0.2, 0) is 9.59 Å². The van der Waals surface area contributed by atoms with Crippen molar-refractivity contribution in [1.82, 2.24) is 0 Å². The highest BCUT2D eigenvalue weighted by Gasteiger charge is 2.58. The van der Waals surface area contributed by atoms with Gasteiger partial charge < -0.3 is 10.2 Å². The normalized spacial score (nSPS) is 32.8. The Morgan fingerprint density at radius 2 is 1.64 bits per heavy atom. The van der Waals surface area contributed by atoms with Crippen molar-refractivity contribution in [3.8, 4) is 0 Å². The van der Waals surface area contributed by atoms with Crippen LogP contribution in [0.5, 0.6) is 0 Å². The summed E-state index contributed by atoms with van der Waals surface area (Å²) >= 11 is 0. The van der Waals surface area contributed by atoms with Gasteiger partial charge in [-0.25, -0.2) is 0 Å². The van der Waals surface area contributed by atoms with Gasteiger partial charge in [0, 0.05) is 12.1 Å². The lowest BCUT2D eigenvalue weighted by Crippen LogP contribution is -2.37. The van der Waals surface area contributed by atoms with Gasteiger partial charge in [-0.1, -0.05) is 12.1 Å². The Morgan fingerprint density at radius 3 is 2.14 bits per heavy atom. The van der Waals surface area contributed by atoms with E-state index in [4.69, 9.17) is 0 Å². The molecular weight excluding hydrogens is 290 g/mol. The number of hydrogen-bond donors (Lipinski definition) is 2. The molecule has 2 aliphatic carbocycles. The molecule has 0 aliphatic heterocycles. The van der Waals surface area contributed by atoms with Crippen LogP contribution in [0.4, 0.5) is 5.69 Å². The summed E-state index contributed by atoms with van der Waals surface area (Å²) in [5, 5.41) is 29.3. The zero-order chi connectivity index (χ0) is 16.0. The Balaban J connectivity index is 1.88. The van der Waals surface area contributed by atoms with E-state index in [1.54, 1.807) is 12.1 Å². The molecule has 0 spiro atoms. The maximum Gasteiger partial charge on any atom is 0.307 e. The first-order valence-corrected chi connectivity index (χ1v) is 7.10. The van der Waals surface area contributed by atoms with Gasteiger partial charge in [0.25, 0.3) is 5.69 Å². The van der Waals surface area contributed by atoms with Gasteiger partial charge in [-0.15, -0.1) is 0 Å². The predicted molar refractivity (Wildman–Crippen MR) is 74.3 cm³/mol. The topological polar surface area (TPSA) is 118 Å². The minimum Gasteiger partial charge on any atom is -0.481 e. The molecule has 1 aromatic rings. The Kier molecular flexibility index (Phi) is 3.35. The summed E-state index contributed by atoms with van der Waals surface area (Å²) in [6.45, 7) is 0. The standard InChI is InChI=1S/C15H15NO6/c17-14(18)12-8-5-10(11(6-8)13(12)15(19)20)7-1-3-9(4-2-7)16(21)22/h1-4,8,10-13H,5-6H2,(H,17,18)(H,19,20)/t8-,10+,11+,12+,13-/m0/s1. The van der Waals surface area contributed by atoms with Gasteiger partial charge in [0.05, 0.1) is 16.8 Å². The van der Waals surface area contributed by atoms with E-state index in [2.05, 4.69) is 0 Å². The second-order valence-electron chi connectivity index (χ2n) is 6.08. The fourth-order valence-corrected chi connectivity index (χ4v) is 4.28. The second-order valence-corrected chi connectivity index (χ2v) is 6.08. The molecule has 7 nitrogen and oxygen atoms in total. The Morgan fingerprint density at radius 1 is 1.05 bits per heavy atom. The van der Waals surface area contributed by atoms with Crippen molar-refractivity contribution < 1.29 is 24.7 Å². The number of nitrogens with zero attached hydrogens (tertiary/aromatic N) is 1. The molecule has 2 N–H and O–H groups in total. The molecule has 0 unspecified atom stereocenters. The van der Waals surface area contributed by atoms with E-state index in [0.717, 1.165) is 5.56 Å². The van der Waals surface area contributed by atoms with E-state index < -0.39 is 28.7 Å². The lowest BCUT2D eigenvalue weighted by atomic mass is 9.71. The largest absolute Gasteiger partial charge is 0.481 e. The number of carboxylic acid groups (broad SMARTS) is 2. The molecule has 2 bridgehead atoms. The highest BCUT2D eigenvalue weighted by Crippen LogP contribution is 2.58. The summed E-state index contributed by atoms with van der Waals surface area (Å²) in [7, 11) is 0. The lowest BCUT2D eigenvalue weighted by molar-refractivity contribution is -0.384. The van der Waals surface area contributed by atoms with E-state index in [9.17, 15) is 29.9 Å². The summed E-state index contributed by atoms with van der Waals surface area (Å²) in [4.78, 5) is 33.0. The van der Waals surface area contributed by atoms with Crippen LogP contribution >= 0.6 is 0 Å². The summed E-state index contributed by atoms with van der Waals surface area (Å²) in [5.74, 6) is -4.20. The molecular formula is C15H15NO6. The average molecular weight is 305 g/mol. The van der Waals surface area contributed by atoms with Crippen molar-refractivity contribution in [2.75, 3.05) is 0 Å². The van der Waals surface area contributed by atoms with Gasteiger partial charge >= 0.3 is 11.9 Å². The van der Waals surface area contributed by atoms with Crippen LogP contribution in [0.2, 0.25) is 0 Å². The summed E-state index contributed by atoms with van der Waals surface area (Å²) < 4.78 is 0. The van der Waals surface area contributed by atoms with Crippen LogP contribution in [0.15, 0.2) is 24.3 Å². The van der Waals surface area contributed by atoms with Gasteiger partial charge in [0.1, 0.15) is 0 Å². The van der Waals surface area contributed by atoms with Crippen LogP contribution in [0.25, 0.3) is 0 Å². The molecule has 2 aliphatic rings. The van der Waals surface area contributed by atoms with Gasteiger partial charge in [-0.2, -0.15) is 0 Å². The van der Waals surface area contributed by atoms with Gasteiger partial charge in [-0.05, 0) is 36.2 Å². The molecule has 1 aromatic carbocycles. The van der Waals surface area contributed by atoms with Crippen LogP contribution in [0.1, 0.15) is 24.3 Å². The molecule has 116 valence electrons. The Hall–Kier alpha value is -2.44. The van der Waals surface area contributed by atoms with Crippen LogP contribution in [-0.4, -0.2) is 27.1 Å². The number of non-ortho nitro benzene ring substituents is 1. The van der Waals surface area contributed by atoms with Gasteiger partial charge in [0.15, 0.2) is 0 Å². The summed E-state index contributed by atoms with van der Waals surface area (Å²) in [6.07, 6.45) is 1.22. The van der Waals surface area contributed by atoms with Crippen molar-refractivity contribution in [3.05, 3.63) is 39.9 Å². The second kappa shape index (κ2) is 5.08. The number of fused-ring (bicyclic) bond motifs is 2. The predicted octanol–water partition coefficient (Wildman–Crippen LogP) is 2.12. The third kappa shape index (κ3) is 2.13. The molecule has 2 saturated carbocycles. The monoisotopic (exact) mass is 305 g/mol. The number of nitro groups is 1. The molecule has 0 heterocycles. The molecule has 0 aromatic heterocycles. The number of carbonyl (C=O) groups is 2. The lowest BCUT2D eigenvalue weighted by Gasteiger charge is -2.31. The van der Waals surface area contributed by atoms with Gasteiger partial charge in [-0.3, -0.25) is 19.7 Å². The van der Waals surface area contributed by atoms with Crippen molar-refractivity contribution in [3.63, 3.8) is 0 Å². The molecule has 2 fully saturated rings. The van der Waals surface area contributed by atoms with Crippen molar-refractivity contribution >= 4 is 17.6 Å². The first-order chi connectivity index (χ1) is 10.4. The Bertz CT molecular complexity index is 640. The summed E-state index contributed by atoms with van der Waals surface area (Å²) in [6, 6.07) is 6.12. The van der Waals surface area contributed by atoms with Crippen LogP contribution in [0, 0.1) is 33.8 Å². The fourth-order valence-electron chi connectivity index (χ4n) is 4.28. The number of rotatable bonds is 4. The third-order valence-electron chi connectivity index (χ3n) is 5.11. The molecule has 0 amide bonds. The van der Waals surface area contributed by atoms with E-state index in [-0.39, 0.29) is 23.4 Å². The molecule has 0 radical (unpaired) electrons. The Labute approximate surface area is 125 Å². The maximum absolute atomic E-state index is 11.5. The van der Waals surface area contributed by atoms with E-state index in [1.807, 2.05) is 0 Å². The zero-order valence-electron chi connectivity index (χ0n) is 11.6. The number of aliphatic carboxylic acids is 2.